The highest BCUT2D eigenvalue weighted by atomic mass is 32.2. The number of hydrogen-bond donors (Lipinski definition) is 2. The molecule has 1 aliphatic rings. The molecule has 2 aromatic carbocycles. The number of sulfonamides is 1. The second kappa shape index (κ2) is 7.88. The van der Waals surface area contributed by atoms with Crippen LogP contribution in [0.1, 0.15) is 35.2 Å². The van der Waals surface area contributed by atoms with E-state index in [-0.39, 0.29) is 5.91 Å². The van der Waals surface area contributed by atoms with Crippen LogP contribution in [0.3, 0.4) is 0 Å². The first-order valence-electron chi connectivity index (χ1n) is 8.70. The Hall–Kier alpha value is -2.38. The van der Waals surface area contributed by atoms with Gasteiger partial charge in [-0.05, 0) is 54.8 Å². The van der Waals surface area contributed by atoms with Crippen LogP contribution < -0.4 is 11.1 Å². The van der Waals surface area contributed by atoms with Gasteiger partial charge in [0.15, 0.2) is 0 Å². The molecule has 0 aliphatic carbocycles. The van der Waals surface area contributed by atoms with Crippen molar-refractivity contribution in [2.75, 3.05) is 18.8 Å². The van der Waals surface area contributed by atoms with E-state index in [1.165, 1.54) is 0 Å². The number of carbonyl (C=O) groups excluding carboxylic acids is 1. The van der Waals surface area contributed by atoms with Crippen LogP contribution in [-0.2, 0) is 16.6 Å². The van der Waals surface area contributed by atoms with Gasteiger partial charge >= 0.3 is 0 Å². The first-order chi connectivity index (χ1) is 12.5. The van der Waals surface area contributed by atoms with Crippen molar-refractivity contribution in [3.63, 3.8) is 0 Å². The number of anilines is 1. The van der Waals surface area contributed by atoms with E-state index in [0.717, 1.165) is 24.8 Å². The van der Waals surface area contributed by atoms with Gasteiger partial charge in [-0.25, -0.2) is 8.42 Å². The van der Waals surface area contributed by atoms with E-state index in [2.05, 4.69) is 5.32 Å². The van der Waals surface area contributed by atoms with Crippen LogP contribution in [0.25, 0.3) is 0 Å². The molecule has 0 atom stereocenters. The Bertz CT molecular complexity index is 856. The lowest BCUT2D eigenvalue weighted by atomic mass is 10.2. The first-order valence-corrected chi connectivity index (χ1v) is 10.1. The van der Waals surface area contributed by atoms with Gasteiger partial charge < -0.3 is 11.1 Å². The number of nitrogens with one attached hydrogen (secondary N) is 1. The van der Waals surface area contributed by atoms with E-state index < -0.39 is 10.0 Å². The zero-order chi connectivity index (χ0) is 18.6. The SMILES string of the molecule is Nc1ccc(C(=O)NCc2ccc(S(=O)(=O)N3CCCCC3)cc2)cc1. The number of nitrogens with zero attached hydrogens (tertiary/aromatic N) is 1. The van der Waals surface area contributed by atoms with Gasteiger partial charge in [0.1, 0.15) is 0 Å². The molecule has 6 nitrogen and oxygen atoms in total. The lowest BCUT2D eigenvalue weighted by Crippen LogP contribution is -2.35. The van der Waals surface area contributed by atoms with E-state index in [1.54, 1.807) is 52.8 Å². The Labute approximate surface area is 154 Å². The van der Waals surface area contributed by atoms with Crippen molar-refractivity contribution in [3.05, 3.63) is 59.7 Å². The molecule has 1 amide bonds. The summed E-state index contributed by atoms with van der Waals surface area (Å²) in [6, 6.07) is 13.4. The van der Waals surface area contributed by atoms with E-state index in [0.29, 0.717) is 35.8 Å². The topological polar surface area (TPSA) is 92.5 Å². The van der Waals surface area contributed by atoms with Crippen molar-refractivity contribution >= 4 is 21.6 Å². The molecule has 26 heavy (non-hydrogen) atoms. The van der Waals surface area contributed by atoms with Crippen molar-refractivity contribution in [1.29, 1.82) is 0 Å². The molecular formula is C19H23N3O3S. The Kier molecular flexibility index (Phi) is 5.58. The van der Waals surface area contributed by atoms with Crippen LogP contribution in [0.2, 0.25) is 0 Å². The Morgan fingerprint density at radius 3 is 2.19 bits per heavy atom. The summed E-state index contributed by atoms with van der Waals surface area (Å²) in [7, 11) is -3.42. The summed E-state index contributed by atoms with van der Waals surface area (Å²) in [5, 5.41) is 2.82. The quantitative estimate of drug-likeness (QED) is 0.787. The van der Waals surface area contributed by atoms with E-state index >= 15 is 0 Å². The number of benzene rings is 2. The largest absolute Gasteiger partial charge is 0.399 e. The smallest absolute Gasteiger partial charge is 0.251 e. The third-order valence-electron chi connectivity index (χ3n) is 4.50. The van der Waals surface area contributed by atoms with Crippen LogP contribution in [0.15, 0.2) is 53.4 Å². The summed E-state index contributed by atoms with van der Waals surface area (Å²) < 4.78 is 26.8. The Morgan fingerprint density at radius 2 is 1.58 bits per heavy atom. The number of hydrogen-bond acceptors (Lipinski definition) is 4. The fourth-order valence-electron chi connectivity index (χ4n) is 2.95. The van der Waals surface area contributed by atoms with Crippen molar-refractivity contribution in [2.24, 2.45) is 0 Å². The first kappa shape index (κ1) is 18.4. The molecule has 0 aromatic heterocycles. The number of piperidine rings is 1. The molecule has 0 spiro atoms. The fraction of sp³-hybridized carbons (Fsp3) is 0.316. The molecule has 0 radical (unpaired) electrons. The summed E-state index contributed by atoms with van der Waals surface area (Å²) in [4.78, 5) is 12.4. The van der Waals surface area contributed by atoms with Crippen molar-refractivity contribution in [2.45, 2.75) is 30.7 Å². The normalized spacial score (nSPS) is 15.5. The average molecular weight is 373 g/mol. The molecular weight excluding hydrogens is 350 g/mol. The van der Waals surface area contributed by atoms with Gasteiger partial charge in [0, 0.05) is 30.9 Å². The van der Waals surface area contributed by atoms with Crippen LogP contribution >= 0.6 is 0 Å². The molecule has 1 heterocycles. The van der Waals surface area contributed by atoms with E-state index in [9.17, 15) is 13.2 Å². The zero-order valence-corrected chi connectivity index (χ0v) is 15.3. The van der Waals surface area contributed by atoms with Gasteiger partial charge in [-0.2, -0.15) is 4.31 Å². The number of nitrogen functional groups attached to an aromatic ring is 1. The summed E-state index contributed by atoms with van der Waals surface area (Å²) in [5.41, 5.74) is 7.58. The molecule has 3 rings (SSSR count). The number of rotatable bonds is 5. The Balaban J connectivity index is 1.62. The second-order valence-corrected chi connectivity index (χ2v) is 8.35. The predicted octanol–water partition coefficient (Wildman–Crippen LogP) is 2.37. The third-order valence-corrected chi connectivity index (χ3v) is 6.41. The monoisotopic (exact) mass is 373 g/mol. The zero-order valence-electron chi connectivity index (χ0n) is 14.5. The molecule has 0 bridgehead atoms. The maximum Gasteiger partial charge on any atom is 0.251 e. The van der Waals surface area contributed by atoms with E-state index in [1.807, 2.05) is 0 Å². The average Bonchev–Trinajstić information content (AvgIpc) is 2.67. The van der Waals surface area contributed by atoms with Crippen molar-refractivity contribution < 1.29 is 13.2 Å². The second-order valence-electron chi connectivity index (χ2n) is 6.41. The lowest BCUT2D eigenvalue weighted by molar-refractivity contribution is 0.0951. The molecule has 2 aromatic rings. The van der Waals surface area contributed by atoms with Crippen LogP contribution in [-0.4, -0.2) is 31.7 Å². The molecule has 1 aliphatic heterocycles. The van der Waals surface area contributed by atoms with Gasteiger partial charge in [0.05, 0.1) is 4.90 Å². The summed E-state index contributed by atoms with van der Waals surface area (Å²) in [5.74, 6) is -0.199. The number of nitrogens with two attached hydrogens (primary N) is 1. The van der Waals surface area contributed by atoms with Crippen molar-refractivity contribution in [3.8, 4) is 0 Å². The third kappa shape index (κ3) is 4.23. The minimum atomic E-state index is -3.42. The summed E-state index contributed by atoms with van der Waals surface area (Å²) in [6.45, 7) is 1.50. The summed E-state index contributed by atoms with van der Waals surface area (Å²) >= 11 is 0. The van der Waals surface area contributed by atoms with Gasteiger partial charge in [-0.3, -0.25) is 4.79 Å². The van der Waals surface area contributed by atoms with Crippen molar-refractivity contribution in [1.82, 2.24) is 9.62 Å². The number of amides is 1. The summed E-state index contributed by atoms with van der Waals surface area (Å²) in [6.07, 6.45) is 2.90. The van der Waals surface area contributed by atoms with Gasteiger partial charge in [0.25, 0.3) is 5.91 Å². The molecule has 1 fully saturated rings. The molecule has 7 heteroatoms. The maximum absolute atomic E-state index is 12.6. The van der Waals surface area contributed by atoms with Gasteiger partial charge in [-0.15, -0.1) is 0 Å². The minimum absolute atomic E-state index is 0.199. The molecule has 0 unspecified atom stereocenters. The van der Waals surface area contributed by atoms with Gasteiger partial charge in [-0.1, -0.05) is 18.6 Å². The van der Waals surface area contributed by atoms with E-state index in [4.69, 9.17) is 5.73 Å². The molecule has 138 valence electrons. The molecule has 1 saturated heterocycles. The standard InChI is InChI=1S/C19H23N3O3S/c20-17-8-6-16(7-9-17)19(23)21-14-15-4-10-18(11-5-15)26(24,25)22-12-2-1-3-13-22/h4-11H,1-3,12-14,20H2,(H,21,23). The highest BCUT2D eigenvalue weighted by molar-refractivity contribution is 7.89. The maximum atomic E-state index is 12.6. The predicted molar refractivity (Wildman–Crippen MR) is 101 cm³/mol. The molecule has 0 saturated carbocycles. The highest BCUT2D eigenvalue weighted by Crippen LogP contribution is 2.20. The van der Waals surface area contributed by atoms with Gasteiger partial charge in [0.2, 0.25) is 10.0 Å². The number of carbonyl (C=O) groups is 1. The lowest BCUT2D eigenvalue weighted by Gasteiger charge is -2.25. The van der Waals surface area contributed by atoms with Crippen LogP contribution in [0.5, 0.6) is 0 Å². The Morgan fingerprint density at radius 1 is 0.962 bits per heavy atom. The van der Waals surface area contributed by atoms with Crippen LogP contribution in [0.4, 0.5) is 5.69 Å². The fourth-order valence-corrected chi connectivity index (χ4v) is 4.47. The van der Waals surface area contributed by atoms with Crippen LogP contribution in [0, 0.1) is 0 Å². The highest BCUT2D eigenvalue weighted by Gasteiger charge is 2.25. The molecule has 3 N–H and O–H groups in total. The minimum Gasteiger partial charge on any atom is -0.399 e.